The molecule has 0 aromatic heterocycles. The van der Waals surface area contributed by atoms with Gasteiger partial charge in [-0.1, -0.05) is 39.8 Å². The molecule has 188 valence electrons. The van der Waals surface area contributed by atoms with E-state index in [1.807, 2.05) is 20.8 Å². The largest absolute Gasteiger partial charge is 0.507 e. The summed E-state index contributed by atoms with van der Waals surface area (Å²) in [4.78, 5) is 29.9. The van der Waals surface area contributed by atoms with Crippen LogP contribution in [-0.4, -0.2) is 59.4 Å². The SMILES string of the molecule is CCN(CC)CCN1C(=O)C(=O)/C(=C(\O)c2ccc(OCC(C)C)c(C)c2)C1c1ccc(F)cc1. The standard InChI is InChI=1S/C28H35FN2O4/c1-6-30(7-2)14-15-31-25(20-8-11-22(29)12-9-20)24(27(33)28(31)34)26(32)21-10-13-23(19(5)16-21)35-17-18(3)4/h8-13,16,18,25,32H,6-7,14-15,17H2,1-5H3/b26-24-. The van der Waals surface area contributed by atoms with Gasteiger partial charge in [0.1, 0.15) is 17.3 Å². The van der Waals surface area contributed by atoms with Crippen LogP contribution in [0.3, 0.4) is 0 Å². The predicted molar refractivity (Wildman–Crippen MR) is 135 cm³/mol. The molecule has 1 amide bonds. The zero-order valence-electron chi connectivity index (χ0n) is 21.2. The lowest BCUT2D eigenvalue weighted by molar-refractivity contribution is -0.140. The minimum Gasteiger partial charge on any atom is -0.507 e. The lowest BCUT2D eigenvalue weighted by Gasteiger charge is -2.28. The smallest absolute Gasteiger partial charge is 0.295 e. The molecule has 35 heavy (non-hydrogen) atoms. The third kappa shape index (κ3) is 5.90. The third-order valence-electron chi connectivity index (χ3n) is 6.30. The number of rotatable bonds is 10. The maximum atomic E-state index is 13.7. The van der Waals surface area contributed by atoms with Crippen LogP contribution in [-0.2, 0) is 9.59 Å². The van der Waals surface area contributed by atoms with Gasteiger partial charge in [-0.3, -0.25) is 9.59 Å². The van der Waals surface area contributed by atoms with Crippen LogP contribution in [0, 0.1) is 18.7 Å². The molecule has 0 spiro atoms. The molecule has 1 aliphatic rings. The highest BCUT2D eigenvalue weighted by molar-refractivity contribution is 6.46. The van der Waals surface area contributed by atoms with Gasteiger partial charge in [-0.25, -0.2) is 4.39 Å². The molecule has 2 aromatic carbocycles. The second kappa shape index (κ2) is 11.5. The van der Waals surface area contributed by atoms with Crippen LogP contribution < -0.4 is 4.74 Å². The highest BCUT2D eigenvalue weighted by Gasteiger charge is 2.46. The average molecular weight is 483 g/mol. The van der Waals surface area contributed by atoms with Crippen molar-refractivity contribution >= 4 is 17.4 Å². The number of nitrogens with zero attached hydrogens (tertiary/aromatic N) is 2. The number of aliphatic hydroxyl groups excluding tert-OH is 1. The zero-order valence-corrected chi connectivity index (χ0v) is 21.2. The quantitative estimate of drug-likeness (QED) is 0.295. The van der Waals surface area contributed by atoms with Gasteiger partial charge in [0.15, 0.2) is 0 Å². The number of hydrogen-bond acceptors (Lipinski definition) is 5. The first-order chi connectivity index (χ1) is 16.7. The number of aliphatic hydroxyl groups is 1. The number of ketones is 1. The molecular weight excluding hydrogens is 447 g/mol. The minimum atomic E-state index is -0.802. The number of likely N-dealkylation sites (N-methyl/N-ethyl adjacent to an activating group) is 1. The third-order valence-corrected chi connectivity index (χ3v) is 6.30. The molecule has 6 nitrogen and oxygen atoms in total. The average Bonchev–Trinajstić information content (AvgIpc) is 3.08. The summed E-state index contributed by atoms with van der Waals surface area (Å²) >= 11 is 0. The number of benzene rings is 2. The molecular formula is C28H35FN2O4. The van der Waals surface area contributed by atoms with Crippen molar-refractivity contribution in [1.82, 2.24) is 9.80 Å². The monoisotopic (exact) mass is 482 g/mol. The van der Waals surface area contributed by atoms with Crippen molar-refractivity contribution in [3.05, 3.63) is 70.5 Å². The van der Waals surface area contributed by atoms with Gasteiger partial charge in [0, 0.05) is 18.7 Å². The number of ether oxygens (including phenoxy) is 1. The number of halogens is 1. The van der Waals surface area contributed by atoms with Crippen molar-refractivity contribution < 1.29 is 23.8 Å². The number of carbonyl (C=O) groups is 2. The Bertz CT molecular complexity index is 1090. The van der Waals surface area contributed by atoms with Gasteiger partial charge in [-0.2, -0.15) is 0 Å². The Morgan fingerprint density at radius 2 is 1.77 bits per heavy atom. The van der Waals surface area contributed by atoms with Crippen molar-refractivity contribution in [2.75, 3.05) is 32.8 Å². The van der Waals surface area contributed by atoms with E-state index in [2.05, 4.69) is 18.7 Å². The Labute approximate surface area is 207 Å². The van der Waals surface area contributed by atoms with Gasteiger partial charge in [-0.05, 0) is 67.4 Å². The molecule has 7 heteroatoms. The maximum absolute atomic E-state index is 13.7. The molecule has 1 heterocycles. The van der Waals surface area contributed by atoms with Crippen LogP contribution in [0.1, 0.15) is 50.4 Å². The van der Waals surface area contributed by atoms with E-state index in [1.165, 1.54) is 17.0 Å². The van der Waals surface area contributed by atoms with Crippen LogP contribution in [0.2, 0.25) is 0 Å². The summed E-state index contributed by atoms with van der Waals surface area (Å²) in [6.07, 6.45) is 0. The van der Waals surface area contributed by atoms with E-state index in [4.69, 9.17) is 4.74 Å². The van der Waals surface area contributed by atoms with Gasteiger partial charge < -0.3 is 19.6 Å². The summed E-state index contributed by atoms with van der Waals surface area (Å²) in [7, 11) is 0. The summed E-state index contributed by atoms with van der Waals surface area (Å²) in [6, 6.07) is 10.1. The van der Waals surface area contributed by atoms with Gasteiger partial charge in [-0.15, -0.1) is 0 Å². The highest BCUT2D eigenvalue weighted by atomic mass is 19.1. The molecule has 1 saturated heterocycles. The van der Waals surface area contributed by atoms with Crippen molar-refractivity contribution in [2.45, 2.75) is 40.7 Å². The number of Topliss-reactive ketones (excluding diaryl/α,β-unsaturated/α-hetero) is 1. The molecule has 1 fully saturated rings. The summed E-state index contributed by atoms with van der Waals surface area (Å²) in [5, 5.41) is 11.3. The first kappa shape index (κ1) is 26.4. The van der Waals surface area contributed by atoms with Crippen molar-refractivity contribution in [3.63, 3.8) is 0 Å². The van der Waals surface area contributed by atoms with E-state index in [0.29, 0.717) is 42.5 Å². The van der Waals surface area contributed by atoms with E-state index in [9.17, 15) is 19.1 Å². The summed E-state index contributed by atoms with van der Waals surface area (Å²) < 4.78 is 19.5. The van der Waals surface area contributed by atoms with Crippen molar-refractivity contribution in [3.8, 4) is 5.75 Å². The summed E-state index contributed by atoms with van der Waals surface area (Å²) in [6.45, 7) is 13.1. The van der Waals surface area contributed by atoms with Crippen molar-refractivity contribution in [2.24, 2.45) is 5.92 Å². The van der Waals surface area contributed by atoms with Crippen LogP contribution in [0.15, 0.2) is 48.0 Å². The van der Waals surface area contributed by atoms with E-state index in [0.717, 1.165) is 18.7 Å². The number of aryl methyl sites for hydroxylation is 1. The highest BCUT2D eigenvalue weighted by Crippen LogP contribution is 2.39. The molecule has 1 N–H and O–H groups in total. The Morgan fingerprint density at radius 3 is 2.34 bits per heavy atom. The topological polar surface area (TPSA) is 70.1 Å². The lowest BCUT2D eigenvalue weighted by atomic mass is 9.94. The molecule has 3 rings (SSSR count). The first-order valence-corrected chi connectivity index (χ1v) is 12.2. The van der Waals surface area contributed by atoms with Crippen LogP contribution in [0.5, 0.6) is 5.75 Å². The van der Waals surface area contributed by atoms with E-state index in [1.54, 1.807) is 30.3 Å². The molecule has 2 aromatic rings. The fourth-order valence-electron chi connectivity index (χ4n) is 4.26. The maximum Gasteiger partial charge on any atom is 0.295 e. The fourth-order valence-corrected chi connectivity index (χ4v) is 4.26. The molecule has 1 unspecified atom stereocenters. The first-order valence-electron chi connectivity index (χ1n) is 12.2. The fraction of sp³-hybridized carbons (Fsp3) is 0.429. The Morgan fingerprint density at radius 1 is 1.11 bits per heavy atom. The predicted octanol–water partition coefficient (Wildman–Crippen LogP) is 4.93. The van der Waals surface area contributed by atoms with Crippen LogP contribution in [0.25, 0.3) is 5.76 Å². The molecule has 0 bridgehead atoms. The van der Waals surface area contributed by atoms with Crippen LogP contribution in [0.4, 0.5) is 4.39 Å². The number of carbonyl (C=O) groups excluding carboxylic acids is 2. The van der Waals surface area contributed by atoms with Gasteiger partial charge in [0.25, 0.3) is 11.7 Å². The molecule has 0 aliphatic carbocycles. The molecule has 0 saturated carbocycles. The van der Waals surface area contributed by atoms with Gasteiger partial charge in [0.05, 0.1) is 18.2 Å². The number of likely N-dealkylation sites (tertiary alicyclic amines) is 1. The molecule has 0 radical (unpaired) electrons. The minimum absolute atomic E-state index is 0.0106. The van der Waals surface area contributed by atoms with Crippen LogP contribution >= 0.6 is 0 Å². The summed E-state index contributed by atoms with van der Waals surface area (Å²) in [5.41, 5.74) is 1.81. The van der Waals surface area contributed by atoms with E-state index in [-0.39, 0.29) is 11.3 Å². The normalized spacial score (nSPS) is 17.6. The Hall–Kier alpha value is -3.19. The Balaban J connectivity index is 2.04. The number of amides is 1. The summed E-state index contributed by atoms with van der Waals surface area (Å²) in [5.74, 6) is -1.01. The number of hydrogen-bond donors (Lipinski definition) is 1. The van der Waals surface area contributed by atoms with Crippen molar-refractivity contribution in [1.29, 1.82) is 0 Å². The zero-order chi connectivity index (χ0) is 25.7. The van der Waals surface area contributed by atoms with Gasteiger partial charge in [0.2, 0.25) is 0 Å². The second-order valence-electron chi connectivity index (χ2n) is 9.26. The Kier molecular flexibility index (Phi) is 8.67. The molecule has 1 atom stereocenters. The molecule has 1 aliphatic heterocycles. The lowest BCUT2D eigenvalue weighted by Crippen LogP contribution is -2.38. The second-order valence-corrected chi connectivity index (χ2v) is 9.26. The van der Waals surface area contributed by atoms with E-state index >= 15 is 0 Å². The van der Waals surface area contributed by atoms with E-state index < -0.39 is 23.5 Å². The van der Waals surface area contributed by atoms with Gasteiger partial charge >= 0.3 is 0 Å².